The van der Waals surface area contributed by atoms with Crippen molar-refractivity contribution in [3.8, 4) is 0 Å². The largest absolute Gasteiger partial charge is 0.468 e. The monoisotopic (exact) mass is 251 g/mol. The lowest BCUT2D eigenvalue weighted by atomic mass is 10.2. The summed E-state index contributed by atoms with van der Waals surface area (Å²) in [6.45, 7) is 7.94. The normalized spacial score (nSPS) is 11.3. The van der Waals surface area contributed by atoms with Gasteiger partial charge in [-0.15, -0.1) is 0 Å². The van der Waals surface area contributed by atoms with E-state index in [0.717, 1.165) is 0 Å². The molecule has 0 spiro atoms. The Labute approximate surface area is 104 Å². The Morgan fingerprint density at radius 3 is 2.29 bits per heavy atom. The maximum Gasteiger partial charge on any atom is 0.319 e. The predicted octanol–water partition coefficient (Wildman–Crippen LogP) is 1.49. The molecule has 0 bridgehead atoms. The molecule has 0 atom stereocenters. The van der Waals surface area contributed by atoms with Crippen LogP contribution in [-0.2, 0) is 16.1 Å². The van der Waals surface area contributed by atoms with E-state index in [4.69, 9.17) is 0 Å². The lowest BCUT2D eigenvalue weighted by Gasteiger charge is -2.16. The topological polar surface area (TPSA) is 38.3 Å². The number of methoxy groups -OCH3 is 1. The van der Waals surface area contributed by atoms with Gasteiger partial charge in [0.2, 0.25) is 0 Å². The molecule has 0 aliphatic heterocycles. The summed E-state index contributed by atoms with van der Waals surface area (Å²) in [4.78, 5) is 10.9. The molecule has 0 heterocycles. The van der Waals surface area contributed by atoms with E-state index in [9.17, 15) is 4.79 Å². The van der Waals surface area contributed by atoms with Crippen LogP contribution in [0.2, 0.25) is 19.6 Å². The van der Waals surface area contributed by atoms with Crippen molar-refractivity contribution in [3.63, 3.8) is 0 Å². The Morgan fingerprint density at radius 2 is 1.82 bits per heavy atom. The lowest BCUT2D eigenvalue weighted by molar-refractivity contribution is -0.139. The zero-order valence-corrected chi connectivity index (χ0v) is 12.0. The Kier molecular flexibility index (Phi) is 4.90. The summed E-state index contributed by atoms with van der Waals surface area (Å²) in [6.07, 6.45) is 0. The van der Waals surface area contributed by atoms with Crippen LogP contribution >= 0.6 is 0 Å². The standard InChI is InChI=1S/C13H21NO2Si/c1-16-13(15)10-14-9-11-5-7-12(8-6-11)17(2,3)4/h5-8,14H,9-10H2,1-4H3. The number of ether oxygens (including phenoxy) is 1. The van der Waals surface area contributed by atoms with Crippen molar-refractivity contribution in [2.45, 2.75) is 26.2 Å². The number of rotatable bonds is 5. The molecular weight excluding hydrogens is 230 g/mol. The highest BCUT2D eigenvalue weighted by molar-refractivity contribution is 6.88. The van der Waals surface area contributed by atoms with Gasteiger partial charge in [-0.1, -0.05) is 49.1 Å². The molecule has 1 aromatic carbocycles. The second kappa shape index (κ2) is 5.98. The van der Waals surface area contributed by atoms with Gasteiger partial charge in [0.05, 0.1) is 21.7 Å². The minimum atomic E-state index is -1.21. The third kappa shape index (κ3) is 4.71. The predicted molar refractivity (Wildman–Crippen MR) is 73.1 cm³/mol. The summed E-state index contributed by atoms with van der Waals surface area (Å²) in [5, 5.41) is 4.50. The summed E-state index contributed by atoms with van der Waals surface area (Å²) >= 11 is 0. The van der Waals surface area contributed by atoms with E-state index in [1.54, 1.807) is 0 Å². The molecule has 94 valence electrons. The fourth-order valence-electron chi connectivity index (χ4n) is 1.50. The third-order valence-electron chi connectivity index (χ3n) is 2.65. The van der Waals surface area contributed by atoms with Crippen molar-refractivity contribution in [2.24, 2.45) is 0 Å². The first kappa shape index (κ1) is 13.9. The van der Waals surface area contributed by atoms with Crippen LogP contribution in [0.1, 0.15) is 5.56 Å². The fourth-order valence-corrected chi connectivity index (χ4v) is 2.67. The molecule has 0 aromatic heterocycles. The smallest absolute Gasteiger partial charge is 0.319 e. The first-order valence-electron chi connectivity index (χ1n) is 5.80. The van der Waals surface area contributed by atoms with Crippen molar-refractivity contribution in [1.82, 2.24) is 5.32 Å². The minimum Gasteiger partial charge on any atom is -0.468 e. The number of esters is 1. The number of hydrogen-bond donors (Lipinski definition) is 1. The molecule has 3 nitrogen and oxygen atoms in total. The first-order valence-corrected chi connectivity index (χ1v) is 9.30. The van der Waals surface area contributed by atoms with Gasteiger partial charge >= 0.3 is 5.97 Å². The van der Waals surface area contributed by atoms with Gasteiger partial charge in [-0.2, -0.15) is 0 Å². The van der Waals surface area contributed by atoms with E-state index < -0.39 is 8.07 Å². The Bertz CT molecular complexity index is 368. The van der Waals surface area contributed by atoms with Gasteiger partial charge in [-0.3, -0.25) is 4.79 Å². The summed E-state index contributed by atoms with van der Waals surface area (Å²) in [5.41, 5.74) is 1.19. The summed E-state index contributed by atoms with van der Waals surface area (Å²) in [7, 11) is 0.190. The molecule has 0 saturated carbocycles. The highest BCUT2D eigenvalue weighted by Gasteiger charge is 2.15. The van der Waals surface area contributed by atoms with E-state index in [1.807, 2.05) is 0 Å². The Balaban J connectivity index is 2.49. The molecule has 0 amide bonds. The van der Waals surface area contributed by atoms with Gasteiger partial charge in [0.1, 0.15) is 0 Å². The second-order valence-electron chi connectivity index (χ2n) is 5.13. The van der Waals surface area contributed by atoms with Crippen LogP contribution in [0.4, 0.5) is 0 Å². The quantitative estimate of drug-likeness (QED) is 0.636. The number of carbonyl (C=O) groups excluding carboxylic acids is 1. The maximum absolute atomic E-state index is 10.9. The lowest BCUT2D eigenvalue weighted by Crippen LogP contribution is -2.37. The zero-order valence-electron chi connectivity index (χ0n) is 11.0. The molecule has 1 rings (SSSR count). The van der Waals surface area contributed by atoms with Gasteiger partial charge in [-0.25, -0.2) is 0 Å². The van der Waals surface area contributed by atoms with E-state index in [1.165, 1.54) is 17.9 Å². The van der Waals surface area contributed by atoms with Crippen molar-refractivity contribution >= 4 is 19.2 Å². The van der Waals surface area contributed by atoms with Crippen molar-refractivity contribution in [3.05, 3.63) is 29.8 Å². The van der Waals surface area contributed by atoms with Crippen LogP contribution in [0.15, 0.2) is 24.3 Å². The third-order valence-corrected chi connectivity index (χ3v) is 4.71. The summed E-state index contributed by atoms with van der Waals surface area (Å²) < 4.78 is 4.56. The number of benzene rings is 1. The van der Waals surface area contributed by atoms with Crippen molar-refractivity contribution < 1.29 is 9.53 Å². The summed E-state index contributed by atoms with van der Waals surface area (Å²) in [6, 6.07) is 8.64. The Hall–Kier alpha value is -1.13. The molecule has 1 aromatic rings. The Morgan fingerprint density at radius 1 is 1.24 bits per heavy atom. The fraction of sp³-hybridized carbons (Fsp3) is 0.462. The van der Waals surface area contributed by atoms with Gasteiger partial charge in [0, 0.05) is 6.54 Å². The molecule has 0 radical (unpaired) electrons. The average Bonchev–Trinajstić information content (AvgIpc) is 2.28. The zero-order chi connectivity index (χ0) is 12.9. The van der Waals surface area contributed by atoms with Gasteiger partial charge in [0.15, 0.2) is 0 Å². The minimum absolute atomic E-state index is 0.233. The molecule has 0 saturated heterocycles. The number of hydrogen-bond acceptors (Lipinski definition) is 3. The van der Waals surface area contributed by atoms with Gasteiger partial charge < -0.3 is 10.1 Å². The van der Waals surface area contributed by atoms with Crippen LogP contribution in [0.5, 0.6) is 0 Å². The van der Waals surface area contributed by atoms with E-state index in [0.29, 0.717) is 6.54 Å². The second-order valence-corrected chi connectivity index (χ2v) is 10.2. The molecule has 0 aliphatic rings. The van der Waals surface area contributed by atoms with E-state index in [2.05, 4.69) is 54.0 Å². The highest BCUT2D eigenvalue weighted by atomic mass is 28.3. The first-order chi connectivity index (χ1) is 7.93. The summed E-state index contributed by atoms with van der Waals surface area (Å²) in [5.74, 6) is -0.233. The van der Waals surface area contributed by atoms with Crippen LogP contribution < -0.4 is 10.5 Å². The number of nitrogens with one attached hydrogen (secondary N) is 1. The van der Waals surface area contributed by atoms with Crippen molar-refractivity contribution in [1.29, 1.82) is 0 Å². The molecule has 0 aliphatic carbocycles. The molecule has 0 fully saturated rings. The van der Waals surface area contributed by atoms with Gasteiger partial charge in [-0.05, 0) is 5.56 Å². The van der Waals surface area contributed by atoms with E-state index in [-0.39, 0.29) is 12.5 Å². The molecule has 17 heavy (non-hydrogen) atoms. The molecule has 1 N–H and O–H groups in total. The average molecular weight is 251 g/mol. The molecular formula is C13H21NO2Si. The van der Waals surface area contributed by atoms with Crippen LogP contribution in [0.3, 0.4) is 0 Å². The molecule has 4 heteroatoms. The van der Waals surface area contributed by atoms with Crippen molar-refractivity contribution in [2.75, 3.05) is 13.7 Å². The van der Waals surface area contributed by atoms with Crippen LogP contribution in [0.25, 0.3) is 0 Å². The van der Waals surface area contributed by atoms with Crippen LogP contribution in [0, 0.1) is 0 Å². The van der Waals surface area contributed by atoms with Crippen LogP contribution in [-0.4, -0.2) is 27.7 Å². The molecule has 0 unspecified atom stereocenters. The van der Waals surface area contributed by atoms with E-state index >= 15 is 0 Å². The highest BCUT2D eigenvalue weighted by Crippen LogP contribution is 2.04. The number of carbonyl (C=O) groups is 1. The van der Waals surface area contributed by atoms with Gasteiger partial charge in [0.25, 0.3) is 0 Å². The maximum atomic E-state index is 10.9. The SMILES string of the molecule is COC(=O)CNCc1ccc([Si](C)(C)C)cc1.